The van der Waals surface area contributed by atoms with Gasteiger partial charge in [-0.1, -0.05) is 0 Å². The van der Waals surface area contributed by atoms with Crippen molar-refractivity contribution in [3.8, 4) is 0 Å². The Morgan fingerprint density at radius 2 is 1.32 bits per heavy atom. The van der Waals surface area contributed by atoms with Crippen LogP contribution in [0.5, 0.6) is 0 Å². The molecular weight excluding hydrogens is 503 g/mol. The van der Waals surface area contributed by atoms with Crippen LogP contribution in [0.2, 0.25) is 0 Å². The summed E-state index contributed by atoms with van der Waals surface area (Å²) in [5, 5.41) is 19.4. The SMILES string of the molecule is CP(CCCNS(=O)(=O)C1=CC=C(N)C(N[OH2+])C1=N)(c1ccccc1)(c1ccccc1)c1ccccc1. The molecule has 3 aromatic carbocycles. The molecule has 0 saturated heterocycles. The first kappa shape index (κ1) is 26.9. The molecule has 37 heavy (non-hydrogen) atoms. The van der Waals surface area contributed by atoms with E-state index in [1.54, 1.807) is 0 Å². The molecule has 0 radical (unpaired) electrons. The molecule has 0 saturated carbocycles. The number of hydrogen-bond acceptors (Lipinski definition) is 5. The van der Waals surface area contributed by atoms with Crippen LogP contribution in [0.15, 0.2) is 114 Å². The third-order valence-corrected chi connectivity index (χ3v) is 15.3. The molecule has 0 bridgehead atoms. The summed E-state index contributed by atoms with van der Waals surface area (Å²) in [5.74, 6) is 0. The predicted molar refractivity (Wildman–Crippen MR) is 156 cm³/mol. The number of benzene rings is 3. The van der Waals surface area contributed by atoms with Gasteiger partial charge >= 0.3 is 219 Å². The second-order valence-electron chi connectivity index (χ2n) is 9.47. The summed E-state index contributed by atoms with van der Waals surface area (Å²) in [5.41, 5.74) is 7.97. The van der Waals surface area contributed by atoms with E-state index in [0.29, 0.717) is 6.42 Å². The first-order valence-electron chi connectivity index (χ1n) is 12.1. The van der Waals surface area contributed by atoms with Crippen LogP contribution >= 0.6 is 6.60 Å². The molecule has 3 aromatic rings. The Morgan fingerprint density at radius 1 is 0.865 bits per heavy atom. The predicted octanol–water partition coefficient (Wildman–Crippen LogP) is 1.81. The van der Waals surface area contributed by atoms with E-state index < -0.39 is 22.7 Å². The zero-order chi connectivity index (χ0) is 26.5. The van der Waals surface area contributed by atoms with E-state index in [0.717, 1.165) is 6.16 Å². The van der Waals surface area contributed by atoms with Crippen molar-refractivity contribution in [2.45, 2.75) is 12.5 Å². The van der Waals surface area contributed by atoms with Gasteiger partial charge in [0.2, 0.25) is 0 Å². The van der Waals surface area contributed by atoms with Crippen molar-refractivity contribution in [1.29, 1.82) is 5.41 Å². The molecule has 7 nitrogen and oxygen atoms in total. The number of rotatable bonds is 10. The topological polar surface area (TPSA) is 131 Å². The van der Waals surface area contributed by atoms with Crippen molar-refractivity contribution < 1.29 is 13.6 Å². The van der Waals surface area contributed by atoms with Gasteiger partial charge in [-0.05, 0) is 0 Å². The molecule has 1 aliphatic rings. The summed E-state index contributed by atoms with van der Waals surface area (Å²) in [7, 11) is -3.95. The molecule has 0 aromatic heterocycles. The van der Waals surface area contributed by atoms with Crippen molar-refractivity contribution in [1.82, 2.24) is 10.2 Å². The van der Waals surface area contributed by atoms with E-state index in [4.69, 9.17) is 16.4 Å². The maximum atomic E-state index is 13.1. The standard InChI is InChI=1S/C28H33N4O3PS/c1-36(22-12-5-2-6-13-22,23-14-7-3-8-15-23,24-16-9-4-10-17-24)21-11-20-31-37(34,35)26-19-18-25(29)28(32-33)27(26)30/h2-10,12-19,28,30-33H,11,20-21,29H2,1H3/p+1. The minimum absolute atomic E-state index is 0.172. The molecule has 1 unspecified atom stereocenters. The summed E-state index contributed by atoms with van der Waals surface area (Å²) in [6, 6.07) is 30.6. The van der Waals surface area contributed by atoms with E-state index in [2.05, 4.69) is 89.7 Å². The fourth-order valence-corrected chi connectivity index (χ4v) is 11.9. The van der Waals surface area contributed by atoms with Crippen molar-refractivity contribution in [2.24, 2.45) is 5.73 Å². The van der Waals surface area contributed by atoms with Crippen LogP contribution in [-0.2, 0) is 10.0 Å². The van der Waals surface area contributed by atoms with Crippen LogP contribution in [0.4, 0.5) is 0 Å². The Bertz CT molecular complexity index is 1330. The van der Waals surface area contributed by atoms with Gasteiger partial charge in [0.05, 0.1) is 0 Å². The quantitative estimate of drug-likeness (QED) is 0.136. The summed E-state index contributed by atoms with van der Waals surface area (Å²) in [6.45, 7) is -0.399. The van der Waals surface area contributed by atoms with Crippen LogP contribution in [-0.4, -0.2) is 44.8 Å². The Balaban J connectivity index is 1.67. The van der Waals surface area contributed by atoms with Crippen molar-refractivity contribution >= 4 is 38.3 Å². The van der Waals surface area contributed by atoms with Gasteiger partial charge in [-0.25, -0.2) is 0 Å². The molecule has 0 amide bonds. The Kier molecular flexibility index (Phi) is 7.78. The fourth-order valence-electron chi connectivity index (χ4n) is 5.14. The number of nitrogens with one attached hydrogen (secondary N) is 3. The molecule has 9 heteroatoms. The zero-order valence-corrected chi connectivity index (χ0v) is 22.5. The molecule has 7 N–H and O–H groups in total. The Hall–Kier alpha value is -3.13. The fraction of sp³-hybridized carbons (Fsp3) is 0.179. The molecule has 0 fully saturated rings. The molecule has 194 valence electrons. The van der Waals surface area contributed by atoms with Crippen molar-refractivity contribution in [3.63, 3.8) is 0 Å². The van der Waals surface area contributed by atoms with E-state index in [1.807, 2.05) is 18.2 Å². The summed E-state index contributed by atoms with van der Waals surface area (Å²) < 4.78 is 28.9. The van der Waals surface area contributed by atoms with Gasteiger partial charge in [0, 0.05) is 0 Å². The first-order chi connectivity index (χ1) is 17.7. The van der Waals surface area contributed by atoms with Crippen LogP contribution in [0.25, 0.3) is 0 Å². The normalized spacial score (nSPS) is 17.4. The van der Waals surface area contributed by atoms with Gasteiger partial charge in [-0.15, -0.1) is 0 Å². The van der Waals surface area contributed by atoms with E-state index in [9.17, 15) is 8.42 Å². The number of hydrogen-bond donors (Lipinski definition) is 4. The number of hydroxylamine groups is 1. The second-order valence-corrected chi connectivity index (χ2v) is 16.8. The third kappa shape index (κ3) is 4.91. The van der Waals surface area contributed by atoms with Crippen molar-refractivity contribution in [2.75, 3.05) is 19.4 Å². The molecule has 0 aliphatic heterocycles. The average molecular weight is 538 g/mol. The monoisotopic (exact) mass is 537 g/mol. The van der Waals surface area contributed by atoms with E-state index in [1.165, 1.54) is 28.1 Å². The first-order valence-corrected chi connectivity index (χ1v) is 16.4. The van der Waals surface area contributed by atoms with Gasteiger partial charge in [0.1, 0.15) is 0 Å². The summed E-state index contributed by atoms with van der Waals surface area (Å²) in [6.07, 6.45) is 4.10. The van der Waals surface area contributed by atoms with Gasteiger partial charge < -0.3 is 0 Å². The molecule has 0 heterocycles. The molecule has 0 spiro atoms. The van der Waals surface area contributed by atoms with E-state index >= 15 is 0 Å². The van der Waals surface area contributed by atoms with Crippen LogP contribution in [0, 0.1) is 5.41 Å². The Morgan fingerprint density at radius 3 is 1.76 bits per heavy atom. The molecule has 4 rings (SSSR count). The molecular formula is C28H34N4O3PS+. The molecule has 1 aliphatic carbocycles. The number of allylic oxidation sites excluding steroid dienone is 2. The maximum absolute atomic E-state index is 13.1. The van der Waals surface area contributed by atoms with Crippen LogP contribution < -0.4 is 31.8 Å². The van der Waals surface area contributed by atoms with Crippen LogP contribution in [0.3, 0.4) is 0 Å². The summed E-state index contributed by atoms with van der Waals surface area (Å²) in [4.78, 5) is -0.172. The number of sulfonamides is 1. The zero-order valence-electron chi connectivity index (χ0n) is 20.8. The second kappa shape index (κ2) is 10.7. The van der Waals surface area contributed by atoms with E-state index in [-0.39, 0.29) is 22.9 Å². The van der Waals surface area contributed by atoms with Gasteiger partial charge in [0.15, 0.2) is 0 Å². The third-order valence-electron chi connectivity index (χ3n) is 7.30. The Labute approximate surface area is 218 Å². The number of nitrogens with two attached hydrogens (primary N) is 1. The average Bonchev–Trinajstić information content (AvgIpc) is 2.93. The molecule has 1 atom stereocenters. The summed E-state index contributed by atoms with van der Waals surface area (Å²) >= 11 is 0. The van der Waals surface area contributed by atoms with Crippen molar-refractivity contribution in [3.05, 3.63) is 114 Å². The van der Waals surface area contributed by atoms with Crippen LogP contribution in [0.1, 0.15) is 6.42 Å². The van der Waals surface area contributed by atoms with Gasteiger partial charge in [-0.3, -0.25) is 0 Å². The van der Waals surface area contributed by atoms with Gasteiger partial charge in [-0.2, -0.15) is 0 Å². The minimum atomic E-state index is -3.95. The van der Waals surface area contributed by atoms with Gasteiger partial charge in [0.25, 0.3) is 0 Å².